The van der Waals surface area contributed by atoms with E-state index >= 15 is 0 Å². The maximum absolute atomic E-state index is 2.40. The second-order valence-electron chi connectivity index (χ2n) is 10.1. The highest BCUT2D eigenvalue weighted by atomic mass is 14.3. The lowest BCUT2D eigenvalue weighted by Crippen LogP contribution is -2.40. The van der Waals surface area contributed by atoms with Gasteiger partial charge in [0.1, 0.15) is 0 Å². The van der Waals surface area contributed by atoms with Crippen LogP contribution < -0.4 is 5.46 Å². The normalized spacial score (nSPS) is 13.4. The molecule has 0 aliphatic carbocycles. The molecule has 0 aliphatic heterocycles. The molecular weight excluding hydrogens is 419 g/mol. The monoisotopic (exact) mass is 450 g/mol. The van der Waals surface area contributed by atoms with Crippen molar-refractivity contribution in [2.24, 2.45) is 0 Å². The molecule has 35 heavy (non-hydrogen) atoms. The van der Waals surface area contributed by atoms with E-state index in [0.29, 0.717) is 0 Å². The summed E-state index contributed by atoms with van der Waals surface area (Å²) in [4.78, 5) is 0. The predicted octanol–water partition coefficient (Wildman–Crippen LogP) is 8.47. The van der Waals surface area contributed by atoms with Crippen molar-refractivity contribution in [3.63, 3.8) is 0 Å². The van der Waals surface area contributed by atoms with Crippen molar-refractivity contribution in [1.29, 1.82) is 0 Å². The Morgan fingerprint density at radius 3 is 1.37 bits per heavy atom. The lowest BCUT2D eigenvalue weighted by molar-refractivity contribution is 0.530. The fourth-order valence-electron chi connectivity index (χ4n) is 6.48. The standard InChI is InChI=1S/C34H31B/c1-3-21-34(4-2,32-28-17-9-5-13-24(28)22-25-14-6-10-18-29(25)32)35-33-30-19-11-7-15-26(30)23-27-16-8-12-20-31(27)33/h5-20,22-23,35H,3-4,21H2,1-2H3. The third-order valence-corrected chi connectivity index (χ3v) is 8.10. The van der Waals surface area contributed by atoms with Crippen LogP contribution in [0.4, 0.5) is 0 Å². The second-order valence-corrected chi connectivity index (χ2v) is 10.1. The van der Waals surface area contributed by atoms with Crippen molar-refractivity contribution in [3.05, 3.63) is 115 Å². The molecule has 0 amide bonds. The van der Waals surface area contributed by atoms with E-state index in [1.165, 1.54) is 60.5 Å². The average molecular weight is 450 g/mol. The fourth-order valence-corrected chi connectivity index (χ4v) is 6.48. The molecule has 6 rings (SSSR count). The SMILES string of the molecule is CCCC(Bc1c2ccccc2cc2ccccc12)(CC)c1c2ccccc2cc2ccccc12. The Kier molecular flexibility index (Phi) is 5.57. The summed E-state index contributed by atoms with van der Waals surface area (Å²) in [6.07, 6.45) is 3.43. The second kappa shape index (κ2) is 8.89. The summed E-state index contributed by atoms with van der Waals surface area (Å²) in [7, 11) is 1.04. The first-order valence-electron chi connectivity index (χ1n) is 13.0. The molecule has 6 aromatic carbocycles. The van der Waals surface area contributed by atoms with E-state index in [-0.39, 0.29) is 5.31 Å². The molecule has 1 atom stereocenters. The van der Waals surface area contributed by atoms with Gasteiger partial charge in [-0.2, -0.15) is 0 Å². The van der Waals surface area contributed by atoms with Crippen LogP contribution in [0.25, 0.3) is 43.1 Å². The van der Waals surface area contributed by atoms with Crippen LogP contribution in [0.1, 0.15) is 38.7 Å². The van der Waals surface area contributed by atoms with Gasteiger partial charge in [-0.15, -0.1) is 0 Å². The van der Waals surface area contributed by atoms with E-state index in [1.54, 1.807) is 0 Å². The highest BCUT2D eigenvalue weighted by molar-refractivity contribution is 6.64. The van der Waals surface area contributed by atoms with Crippen LogP contribution in [0.2, 0.25) is 0 Å². The number of rotatable bonds is 6. The molecule has 0 heterocycles. The molecule has 0 aliphatic rings. The molecule has 0 fully saturated rings. The first kappa shape index (κ1) is 21.9. The maximum Gasteiger partial charge on any atom is 0.171 e. The Labute approximate surface area is 208 Å². The van der Waals surface area contributed by atoms with Crippen LogP contribution in [0.5, 0.6) is 0 Å². The van der Waals surface area contributed by atoms with Gasteiger partial charge in [-0.25, -0.2) is 0 Å². The van der Waals surface area contributed by atoms with Crippen molar-refractivity contribution in [3.8, 4) is 0 Å². The van der Waals surface area contributed by atoms with E-state index in [0.717, 1.165) is 20.1 Å². The van der Waals surface area contributed by atoms with Gasteiger partial charge in [-0.05, 0) is 66.1 Å². The molecule has 1 unspecified atom stereocenters. The fraction of sp³-hybridized carbons (Fsp3) is 0.176. The van der Waals surface area contributed by atoms with E-state index in [9.17, 15) is 0 Å². The molecule has 170 valence electrons. The Morgan fingerprint density at radius 1 is 0.543 bits per heavy atom. The van der Waals surface area contributed by atoms with Gasteiger partial charge < -0.3 is 0 Å². The van der Waals surface area contributed by atoms with Gasteiger partial charge >= 0.3 is 0 Å². The van der Waals surface area contributed by atoms with Crippen LogP contribution in [0.15, 0.2) is 109 Å². The summed E-state index contributed by atoms with van der Waals surface area (Å²) in [6.45, 7) is 4.75. The zero-order chi connectivity index (χ0) is 23.8. The molecule has 0 radical (unpaired) electrons. The smallest absolute Gasteiger partial charge is 0.0681 e. The minimum Gasteiger partial charge on any atom is -0.0681 e. The Morgan fingerprint density at radius 2 is 0.943 bits per heavy atom. The van der Waals surface area contributed by atoms with Crippen LogP contribution in [0, 0.1) is 0 Å². The minimum atomic E-state index is 0.0438. The van der Waals surface area contributed by atoms with Gasteiger partial charge in [0.2, 0.25) is 0 Å². The minimum absolute atomic E-state index is 0.0438. The third kappa shape index (κ3) is 3.62. The molecular formula is C34H31B. The molecule has 0 bridgehead atoms. The first-order valence-corrected chi connectivity index (χ1v) is 13.0. The first-order chi connectivity index (χ1) is 17.2. The number of fused-ring (bicyclic) bond motifs is 4. The Bertz CT molecular complexity index is 1570. The zero-order valence-corrected chi connectivity index (χ0v) is 20.7. The average Bonchev–Trinajstić information content (AvgIpc) is 2.91. The Hall–Kier alpha value is -3.58. The summed E-state index contributed by atoms with van der Waals surface area (Å²) in [6, 6.07) is 40.7. The van der Waals surface area contributed by atoms with Crippen LogP contribution in [0.3, 0.4) is 0 Å². The van der Waals surface area contributed by atoms with Crippen LogP contribution in [-0.4, -0.2) is 7.28 Å². The quantitative estimate of drug-likeness (QED) is 0.176. The number of benzene rings is 6. The molecule has 0 nitrogen and oxygen atoms in total. The molecule has 0 aromatic heterocycles. The molecule has 0 saturated carbocycles. The van der Waals surface area contributed by atoms with Gasteiger partial charge in [0.15, 0.2) is 7.28 Å². The van der Waals surface area contributed by atoms with Crippen molar-refractivity contribution >= 4 is 55.8 Å². The highest BCUT2D eigenvalue weighted by Crippen LogP contribution is 2.42. The van der Waals surface area contributed by atoms with Gasteiger partial charge in [-0.3, -0.25) is 0 Å². The van der Waals surface area contributed by atoms with E-state index in [2.05, 4.69) is 123 Å². The van der Waals surface area contributed by atoms with Crippen molar-refractivity contribution in [1.82, 2.24) is 0 Å². The molecule has 6 aromatic rings. The number of hydrogen-bond donors (Lipinski definition) is 0. The van der Waals surface area contributed by atoms with Crippen molar-refractivity contribution in [2.75, 3.05) is 0 Å². The van der Waals surface area contributed by atoms with E-state index < -0.39 is 0 Å². The molecule has 0 spiro atoms. The summed E-state index contributed by atoms with van der Waals surface area (Å²) >= 11 is 0. The topological polar surface area (TPSA) is 0 Å². The van der Waals surface area contributed by atoms with Crippen LogP contribution >= 0.6 is 0 Å². The highest BCUT2D eigenvalue weighted by Gasteiger charge is 2.35. The molecule has 1 heteroatoms. The zero-order valence-electron chi connectivity index (χ0n) is 20.7. The molecule has 0 N–H and O–H groups in total. The van der Waals surface area contributed by atoms with Gasteiger partial charge in [0.05, 0.1) is 0 Å². The lowest BCUT2D eigenvalue weighted by atomic mass is 9.42. The maximum atomic E-state index is 2.40. The summed E-state index contributed by atoms with van der Waals surface area (Å²) in [5.74, 6) is 0. The lowest BCUT2D eigenvalue weighted by Gasteiger charge is -2.36. The Balaban J connectivity index is 1.71. The summed E-state index contributed by atoms with van der Waals surface area (Å²) in [5.41, 5.74) is 3.03. The summed E-state index contributed by atoms with van der Waals surface area (Å²) in [5, 5.41) is 11.0. The van der Waals surface area contributed by atoms with E-state index in [1.807, 2.05) is 0 Å². The third-order valence-electron chi connectivity index (χ3n) is 8.10. The van der Waals surface area contributed by atoms with Gasteiger partial charge in [0.25, 0.3) is 0 Å². The van der Waals surface area contributed by atoms with E-state index in [4.69, 9.17) is 0 Å². The van der Waals surface area contributed by atoms with Crippen LogP contribution in [-0.2, 0) is 5.31 Å². The number of hydrogen-bond acceptors (Lipinski definition) is 0. The predicted molar refractivity (Wildman–Crippen MR) is 157 cm³/mol. The van der Waals surface area contributed by atoms with Crippen molar-refractivity contribution in [2.45, 2.75) is 38.4 Å². The van der Waals surface area contributed by atoms with Crippen molar-refractivity contribution < 1.29 is 0 Å². The molecule has 0 saturated heterocycles. The largest absolute Gasteiger partial charge is 0.171 e. The van der Waals surface area contributed by atoms with Gasteiger partial charge in [0, 0.05) is 0 Å². The summed E-state index contributed by atoms with van der Waals surface area (Å²) < 4.78 is 0. The van der Waals surface area contributed by atoms with Gasteiger partial charge in [-0.1, -0.05) is 136 Å².